The predicted molar refractivity (Wildman–Crippen MR) is 175 cm³/mol. The number of epoxide rings is 1. The van der Waals surface area contributed by atoms with Crippen LogP contribution in [-0.4, -0.2) is 69.8 Å². The quantitative estimate of drug-likeness (QED) is 0.162. The molecule has 0 N–H and O–H groups in total. The molecule has 2 saturated heterocycles. The van der Waals surface area contributed by atoms with Crippen molar-refractivity contribution in [1.29, 1.82) is 0 Å². The van der Waals surface area contributed by atoms with Crippen LogP contribution in [0, 0.1) is 20.9 Å². The Kier molecular flexibility index (Phi) is 15.7. The molecule has 0 aliphatic carbocycles. The van der Waals surface area contributed by atoms with E-state index in [2.05, 4.69) is 71.9 Å². The molecule has 258 valence electrons. The molecule has 2 fully saturated rings. The Bertz CT molecular complexity index is 1200. The highest BCUT2D eigenvalue weighted by atomic mass is 16.7. The fraction of sp³-hybridized carbons (Fsp3) is 0.618. The summed E-state index contributed by atoms with van der Waals surface area (Å²) in [5.41, 5.74) is 0.956. The van der Waals surface area contributed by atoms with Gasteiger partial charge in [-0.15, -0.1) is 5.06 Å². The van der Waals surface area contributed by atoms with Crippen molar-refractivity contribution >= 4 is 29.6 Å². The van der Waals surface area contributed by atoms with Gasteiger partial charge >= 0.3 is 5.97 Å². The lowest BCUT2D eigenvalue weighted by atomic mass is 9.87. The second kappa shape index (κ2) is 17.1. The standard InChI is InChI=1S/C10H14.C9H13NO4.C8H11NO2.C6H12O.CH3NO2/c1-10(2,3)9-7-5-4-6-8-9;1-9(2,3)8(13)14-10-6(11)4-5-7(10)12;1-8(2,3)9-6(10)4-5-7(9)11;1-6(2,3)5-4-7-5;1-2(3)4/h4-8H,1-3H3;4-5H2,1-3H3;4-5H,1-3H3;5H,4H2,1-3H3;1H3. The SMILES string of the molecule is CC(C)(C)C(=O)ON1C(=O)CCC1=O.CC(C)(C)C1CO1.CC(C)(C)N1C(=O)C=CC1=O.CC(C)(C)c1ccccc1.C[N+](=O)[O-]. The van der Waals surface area contributed by atoms with E-state index in [1.165, 1.54) is 22.6 Å². The molecule has 0 spiro atoms. The first kappa shape index (κ1) is 42.1. The monoisotopic (exact) mass is 647 g/mol. The van der Waals surface area contributed by atoms with Crippen LogP contribution in [0.4, 0.5) is 0 Å². The van der Waals surface area contributed by atoms with Crippen LogP contribution in [-0.2, 0) is 39.0 Å². The smallest absolute Gasteiger partial charge is 0.338 e. The van der Waals surface area contributed by atoms with Gasteiger partial charge in [0, 0.05) is 35.5 Å². The van der Waals surface area contributed by atoms with Crippen LogP contribution in [0.25, 0.3) is 0 Å². The molecule has 12 heteroatoms. The first-order valence-corrected chi connectivity index (χ1v) is 15.1. The first-order chi connectivity index (χ1) is 20.7. The van der Waals surface area contributed by atoms with Crippen LogP contribution in [0.15, 0.2) is 42.5 Å². The Morgan fingerprint density at radius 2 is 1.22 bits per heavy atom. The highest BCUT2D eigenvalue weighted by Crippen LogP contribution is 2.30. The Morgan fingerprint density at radius 3 is 1.43 bits per heavy atom. The Labute approximate surface area is 273 Å². The van der Waals surface area contributed by atoms with Gasteiger partial charge in [-0.1, -0.05) is 71.9 Å². The molecule has 3 aliphatic rings. The van der Waals surface area contributed by atoms with Crippen molar-refractivity contribution in [1.82, 2.24) is 9.96 Å². The van der Waals surface area contributed by atoms with E-state index in [0.29, 0.717) is 22.0 Å². The number of hydrogen-bond acceptors (Lipinski definition) is 9. The maximum absolute atomic E-state index is 11.3. The number of benzene rings is 1. The minimum Gasteiger partial charge on any atom is -0.373 e. The maximum Gasteiger partial charge on any atom is 0.338 e. The van der Waals surface area contributed by atoms with Gasteiger partial charge in [0.2, 0.25) is 0 Å². The third-order valence-corrected chi connectivity index (χ3v) is 6.21. The predicted octanol–water partition coefficient (Wildman–Crippen LogP) is 5.66. The number of nitro groups is 1. The lowest BCUT2D eigenvalue weighted by Gasteiger charge is -2.29. The molecule has 3 heterocycles. The van der Waals surface area contributed by atoms with E-state index < -0.39 is 33.7 Å². The van der Waals surface area contributed by atoms with Crippen molar-refractivity contribution in [2.24, 2.45) is 10.8 Å². The van der Waals surface area contributed by atoms with E-state index in [0.717, 1.165) is 13.7 Å². The minimum atomic E-state index is -0.719. The number of rotatable bonds is 1. The number of carbonyl (C=O) groups excluding carboxylic acids is 5. The van der Waals surface area contributed by atoms with Crippen LogP contribution in [0.5, 0.6) is 0 Å². The average Bonchev–Trinajstić information content (AvgIpc) is 3.64. The first-order valence-electron chi connectivity index (χ1n) is 15.1. The number of imide groups is 2. The van der Waals surface area contributed by atoms with Crippen molar-refractivity contribution in [3.8, 4) is 0 Å². The largest absolute Gasteiger partial charge is 0.373 e. The second-order valence-electron chi connectivity index (χ2n) is 15.0. The summed E-state index contributed by atoms with van der Waals surface area (Å²) < 4.78 is 5.07. The fourth-order valence-electron chi connectivity index (χ4n) is 3.43. The van der Waals surface area contributed by atoms with Crippen molar-refractivity contribution in [2.75, 3.05) is 13.7 Å². The summed E-state index contributed by atoms with van der Waals surface area (Å²) >= 11 is 0. The van der Waals surface area contributed by atoms with E-state index in [1.54, 1.807) is 20.8 Å². The summed E-state index contributed by atoms with van der Waals surface area (Å²) in [7, 11) is 0.889. The molecule has 12 nitrogen and oxygen atoms in total. The van der Waals surface area contributed by atoms with Gasteiger partial charge in [0.25, 0.3) is 23.6 Å². The van der Waals surface area contributed by atoms with E-state index in [4.69, 9.17) is 19.7 Å². The number of nitrogens with zero attached hydrogens (tertiary/aromatic N) is 3. The van der Waals surface area contributed by atoms with Crippen molar-refractivity contribution < 1.29 is 38.5 Å². The topological polar surface area (TPSA) is 157 Å². The third-order valence-electron chi connectivity index (χ3n) is 6.21. The van der Waals surface area contributed by atoms with Gasteiger partial charge in [0.1, 0.15) is 0 Å². The zero-order valence-corrected chi connectivity index (χ0v) is 29.8. The summed E-state index contributed by atoms with van der Waals surface area (Å²) in [6, 6.07) is 10.6. The number of hydroxylamine groups is 2. The lowest BCUT2D eigenvalue weighted by molar-refractivity contribution is -0.445. The van der Waals surface area contributed by atoms with Gasteiger partial charge < -0.3 is 9.57 Å². The summed E-state index contributed by atoms with van der Waals surface area (Å²) in [4.78, 5) is 69.8. The van der Waals surface area contributed by atoms with E-state index in [9.17, 15) is 24.0 Å². The molecule has 46 heavy (non-hydrogen) atoms. The van der Waals surface area contributed by atoms with Gasteiger partial charge in [-0.3, -0.25) is 34.2 Å². The normalized spacial score (nSPS) is 17.4. The number of ether oxygens (including phenoxy) is 1. The van der Waals surface area contributed by atoms with Crippen LogP contribution in [0.1, 0.15) is 101 Å². The van der Waals surface area contributed by atoms with Crippen LogP contribution in [0.2, 0.25) is 0 Å². The van der Waals surface area contributed by atoms with Gasteiger partial charge in [-0.2, -0.15) is 0 Å². The molecule has 3 aliphatic heterocycles. The number of amides is 4. The molecule has 1 unspecified atom stereocenters. The molecule has 4 rings (SSSR count). The van der Waals surface area contributed by atoms with Crippen LogP contribution >= 0.6 is 0 Å². The molecule has 1 aromatic rings. The minimum absolute atomic E-state index is 0.121. The zero-order chi connectivity index (χ0) is 36.3. The highest BCUT2D eigenvalue weighted by Gasteiger charge is 2.36. The molecule has 0 bridgehead atoms. The Balaban J connectivity index is 0.000000576. The summed E-state index contributed by atoms with van der Waals surface area (Å²) in [5.74, 6) is -1.92. The molecular formula is C34H53N3O9. The van der Waals surface area contributed by atoms with Crippen LogP contribution < -0.4 is 0 Å². The van der Waals surface area contributed by atoms with E-state index >= 15 is 0 Å². The molecule has 4 amide bonds. The zero-order valence-electron chi connectivity index (χ0n) is 29.8. The van der Waals surface area contributed by atoms with Crippen molar-refractivity contribution in [2.45, 2.75) is 113 Å². The van der Waals surface area contributed by atoms with Crippen molar-refractivity contribution in [3.63, 3.8) is 0 Å². The van der Waals surface area contributed by atoms with Crippen LogP contribution in [0.3, 0.4) is 0 Å². The number of carbonyl (C=O) groups is 5. The lowest BCUT2D eigenvalue weighted by Crippen LogP contribution is -2.45. The number of hydrogen-bond donors (Lipinski definition) is 0. The Morgan fingerprint density at radius 1 is 0.826 bits per heavy atom. The summed E-state index contributed by atoms with van der Waals surface area (Å²) in [5, 5.41) is 9.37. The van der Waals surface area contributed by atoms with Gasteiger partial charge in [-0.25, -0.2) is 4.79 Å². The van der Waals surface area contributed by atoms with E-state index in [1.807, 2.05) is 20.8 Å². The molecular weight excluding hydrogens is 594 g/mol. The van der Waals surface area contributed by atoms with E-state index in [-0.39, 0.29) is 24.7 Å². The molecule has 0 saturated carbocycles. The molecule has 0 radical (unpaired) electrons. The third kappa shape index (κ3) is 16.4. The summed E-state index contributed by atoms with van der Waals surface area (Å²) in [6.45, 7) is 24.7. The Hall–Kier alpha value is -3.93. The molecule has 1 atom stereocenters. The van der Waals surface area contributed by atoms with Gasteiger partial charge in [0.15, 0.2) is 7.05 Å². The second-order valence-corrected chi connectivity index (χ2v) is 15.0. The molecule has 0 aromatic heterocycles. The fourth-order valence-corrected chi connectivity index (χ4v) is 3.43. The van der Waals surface area contributed by atoms with Crippen molar-refractivity contribution in [3.05, 3.63) is 58.2 Å². The van der Waals surface area contributed by atoms with Gasteiger partial charge in [-0.05, 0) is 57.9 Å². The maximum atomic E-state index is 11.3. The van der Waals surface area contributed by atoms with Gasteiger partial charge in [0.05, 0.1) is 18.1 Å². The summed E-state index contributed by atoms with van der Waals surface area (Å²) in [6.07, 6.45) is 3.39. The molecule has 1 aromatic carbocycles. The average molecular weight is 648 g/mol. The highest BCUT2D eigenvalue weighted by molar-refractivity contribution is 6.13.